The lowest BCUT2D eigenvalue weighted by molar-refractivity contribution is -0.115. The third-order valence-electron chi connectivity index (χ3n) is 4.07. The number of hydrogen-bond donors (Lipinski definition) is 2. The first-order valence-electron chi connectivity index (χ1n) is 8.21. The van der Waals surface area contributed by atoms with Crippen molar-refractivity contribution < 1.29 is 9.59 Å². The number of aromatic nitrogens is 1. The first kappa shape index (κ1) is 19.5. The lowest BCUT2D eigenvalue weighted by Gasteiger charge is -2.04. The molecule has 27 heavy (non-hydrogen) atoms. The van der Waals surface area contributed by atoms with Gasteiger partial charge in [-0.15, -0.1) is 22.7 Å². The van der Waals surface area contributed by atoms with Crippen molar-refractivity contribution in [1.29, 1.82) is 0 Å². The van der Waals surface area contributed by atoms with Gasteiger partial charge in [0.15, 0.2) is 0 Å². The van der Waals surface area contributed by atoms with Crippen molar-refractivity contribution in [3.05, 3.63) is 66.9 Å². The van der Waals surface area contributed by atoms with E-state index in [9.17, 15) is 9.59 Å². The van der Waals surface area contributed by atoms with Crippen molar-refractivity contribution in [1.82, 2.24) is 4.98 Å². The maximum Gasteiger partial charge on any atom is 0.251 e. The highest BCUT2D eigenvalue weighted by molar-refractivity contribution is 7.16. The molecule has 2 heterocycles. The van der Waals surface area contributed by atoms with Crippen LogP contribution in [0.5, 0.6) is 0 Å². The zero-order valence-corrected chi connectivity index (χ0v) is 17.2. The van der Waals surface area contributed by atoms with Gasteiger partial charge < -0.3 is 11.1 Å². The maximum atomic E-state index is 12.4. The molecule has 0 spiro atoms. The van der Waals surface area contributed by atoms with E-state index in [-0.39, 0.29) is 12.3 Å². The predicted octanol–water partition coefficient (Wildman–Crippen LogP) is 4.35. The zero-order chi connectivity index (χ0) is 19.6. The highest BCUT2D eigenvalue weighted by Gasteiger charge is 2.19. The van der Waals surface area contributed by atoms with E-state index in [1.807, 2.05) is 43.5 Å². The van der Waals surface area contributed by atoms with Gasteiger partial charge in [0, 0.05) is 21.7 Å². The van der Waals surface area contributed by atoms with Gasteiger partial charge in [-0.1, -0.05) is 23.7 Å². The van der Waals surface area contributed by atoms with Crippen LogP contribution in [0.15, 0.2) is 29.6 Å². The fraction of sp³-hybridized carbons (Fsp3) is 0.211. The van der Waals surface area contributed by atoms with Gasteiger partial charge in [0.1, 0.15) is 5.00 Å². The molecule has 0 atom stereocenters. The molecule has 0 saturated carbocycles. The molecular formula is C19H18ClN3O2S2. The number of thiophene rings is 1. The lowest BCUT2D eigenvalue weighted by atomic mass is 10.1. The van der Waals surface area contributed by atoms with Gasteiger partial charge in [-0.05, 0) is 37.1 Å². The van der Waals surface area contributed by atoms with Gasteiger partial charge in [0.05, 0.1) is 22.7 Å². The molecule has 0 fully saturated rings. The molecule has 3 rings (SSSR count). The number of carbonyl (C=O) groups is 2. The molecule has 2 amide bonds. The number of halogens is 1. The number of anilines is 1. The second kappa shape index (κ2) is 8.21. The number of hydrogen-bond acceptors (Lipinski definition) is 5. The Morgan fingerprint density at radius 2 is 2.07 bits per heavy atom. The van der Waals surface area contributed by atoms with Crippen molar-refractivity contribution in [2.24, 2.45) is 5.73 Å². The third kappa shape index (κ3) is 4.74. The van der Waals surface area contributed by atoms with Gasteiger partial charge in [-0.25, -0.2) is 4.98 Å². The summed E-state index contributed by atoms with van der Waals surface area (Å²) in [6, 6.07) is 7.63. The van der Waals surface area contributed by atoms with E-state index >= 15 is 0 Å². The molecule has 8 heteroatoms. The SMILES string of the molecule is Cc1sc(NC(=O)Cc2csc(Cc3cccc(Cl)c3)n2)c(C(N)=O)c1C. The number of aryl methyl sites for hydroxylation is 1. The summed E-state index contributed by atoms with van der Waals surface area (Å²) in [5.41, 5.74) is 8.39. The minimum Gasteiger partial charge on any atom is -0.365 e. The van der Waals surface area contributed by atoms with Crippen LogP contribution in [0.1, 0.15) is 37.1 Å². The van der Waals surface area contributed by atoms with E-state index in [1.165, 1.54) is 22.7 Å². The van der Waals surface area contributed by atoms with Gasteiger partial charge in [0.25, 0.3) is 5.91 Å². The Hall–Kier alpha value is -2.22. The topological polar surface area (TPSA) is 85.1 Å². The summed E-state index contributed by atoms with van der Waals surface area (Å²) >= 11 is 8.87. The van der Waals surface area contributed by atoms with Crippen LogP contribution in [0, 0.1) is 13.8 Å². The third-order valence-corrected chi connectivity index (χ3v) is 6.33. The molecule has 0 aliphatic rings. The molecule has 0 aliphatic carbocycles. The smallest absolute Gasteiger partial charge is 0.251 e. The average molecular weight is 420 g/mol. The number of benzene rings is 1. The van der Waals surface area contributed by atoms with Crippen molar-refractivity contribution >= 4 is 51.1 Å². The monoisotopic (exact) mass is 419 g/mol. The second-order valence-corrected chi connectivity index (χ2v) is 8.72. The van der Waals surface area contributed by atoms with Crippen molar-refractivity contribution in [2.75, 3.05) is 5.32 Å². The normalized spacial score (nSPS) is 10.8. The van der Waals surface area contributed by atoms with E-state index in [1.54, 1.807) is 0 Å². The van der Waals surface area contributed by atoms with Crippen molar-refractivity contribution in [3.63, 3.8) is 0 Å². The van der Waals surface area contributed by atoms with Crippen LogP contribution in [-0.2, 0) is 17.6 Å². The average Bonchev–Trinajstić information content (AvgIpc) is 3.11. The zero-order valence-electron chi connectivity index (χ0n) is 14.8. The molecule has 3 aromatic rings. The van der Waals surface area contributed by atoms with E-state index < -0.39 is 5.91 Å². The van der Waals surface area contributed by atoms with Gasteiger partial charge in [-0.2, -0.15) is 0 Å². The minimum absolute atomic E-state index is 0.139. The van der Waals surface area contributed by atoms with Gasteiger partial charge >= 0.3 is 0 Å². The predicted molar refractivity (Wildman–Crippen MR) is 111 cm³/mol. The fourth-order valence-electron chi connectivity index (χ4n) is 2.68. The number of primary amides is 1. The van der Waals surface area contributed by atoms with Crippen LogP contribution in [0.4, 0.5) is 5.00 Å². The van der Waals surface area contributed by atoms with Crippen LogP contribution in [0.3, 0.4) is 0 Å². The summed E-state index contributed by atoms with van der Waals surface area (Å²) < 4.78 is 0. The number of nitrogens with zero attached hydrogens (tertiary/aromatic N) is 1. The first-order chi connectivity index (χ1) is 12.8. The summed E-state index contributed by atoms with van der Waals surface area (Å²) in [5, 5.41) is 6.77. The highest BCUT2D eigenvalue weighted by atomic mass is 35.5. The largest absolute Gasteiger partial charge is 0.365 e. The molecule has 0 unspecified atom stereocenters. The molecule has 3 N–H and O–H groups in total. The van der Waals surface area contributed by atoms with E-state index in [4.69, 9.17) is 17.3 Å². The van der Waals surface area contributed by atoms with E-state index in [0.29, 0.717) is 27.7 Å². The Morgan fingerprint density at radius 1 is 1.30 bits per heavy atom. The van der Waals surface area contributed by atoms with E-state index in [2.05, 4.69) is 10.3 Å². The Balaban J connectivity index is 1.66. The maximum absolute atomic E-state index is 12.4. The molecule has 0 aliphatic heterocycles. The number of thiazole rings is 1. The van der Waals surface area contributed by atoms with Gasteiger partial charge in [0.2, 0.25) is 5.91 Å². The first-order valence-corrected chi connectivity index (χ1v) is 10.3. The molecule has 0 bridgehead atoms. The van der Waals surface area contributed by atoms with Crippen LogP contribution in [-0.4, -0.2) is 16.8 Å². The fourth-order valence-corrected chi connectivity index (χ4v) is 4.80. The quantitative estimate of drug-likeness (QED) is 0.623. The highest BCUT2D eigenvalue weighted by Crippen LogP contribution is 2.32. The molecule has 2 aromatic heterocycles. The second-order valence-electron chi connectivity index (χ2n) is 6.12. The molecule has 5 nitrogen and oxygen atoms in total. The Morgan fingerprint density at radius 3 is 2.78 bits per heavy atom. The molecule has 0 saturated heterocycles. The molecule has 0 radical (unpaired) electrons. The summed E-state index contributed by atoms with van der Waals surface area (Å²) in [7, 11) is 0. The van der Waals surface area contributed by atoms with Crippen LogP contribution in [0.2, 0.25) is 5.02 Å². The Labute approximate surface area is 170 Å². The summed E-state index contributed by atoms with van der Waals surface area (Å²) in [6.07, 6.45) is 0.808. The summed E-state index contributed by atoms with van der Waals surface area (Å²) in [4.78, 5) is 29.5. The number of carbonyl (C=O) groups excluding carboxylic acids is 2. The number of rotatable bonds is 6. The molecule has 1 aromatic carbocycles. The lowest BCUT2D eigenvalue weighted by Crippen LogP contribution is -2.18. The van der Waals surface area contributed by atoms with Crippen LogP contribution < -0.4 is 11.1 Å². The number of amides is 2. The van der Waals surface area contributed by atoms with Crippen LogP contribution >= 0.6 is 34.3 Å². The van der Waals surface area contributed by atoms with Crippen LogP contribution in [0.25, 0.3) is 0 Å². The molecule has 140 valence electrons. The number of nitrogens with one attached hydrogen (secondary N) is 1. The summed E-state index contributed by atoms with van der Waals surface area (Å²) in [6.45, 7) is 3.72. The number of nitrogens with two attached hydrogens (primary N) is 1. The van der Waals surface area contributed by atoms with Gasteiger partial charge in [-0.3, -0.25) is 9.59 Å². The summed E-state index contributed by atoms with van der Waals surface area (Å²) in [5.74, 6) is -0.761. The molecular weight excluding hydrogens is 402 g/mol. The Bertz CT molecular complexity index is 1010. The minimum atomic E-state index is -0.537. The Kier molecular flexibility index (Phi) is 5.94. The standard InChI is InChI=1S/C19H18ClN3O2S2/c1-10-11(2)27-19(17(10)18(21)25)23-15(24)8-14-9-26-16(22-14)7-12-4-3-5-13(20)6-12/h3-6,9H,7-8H2,1-2H3,(H2,21,25)(H,23,24). The van der Waals surface area contributed by atoms with Crippen molar-refractivity contribution in [2.45, 2.75) is 26.7 Å². The van der Waals surface area contributed by atoms with Crippen molar-refractivity contribution in [3.8, 4) is 0 Å². The van der Waals surface area contributed by atoms with E-state index in [0.717, 1.165) is 21.0 Å².